The van der Waals surface area contributed by atoms with Gasteiger partial charge in [-0.05, 0) is 38.0 Å². The van der Waals surface area contributed by atoms with Crippen LogP contribution in [0.5, 0.6) is 0 Å². The molecule has 0 bridgehead atoms. The lowest BCUT2D eigenvalue weighted by Crippen LogP contribution is -1.88. The first kappa shape index (κ1) is 7.99. The fraction of sp³-hybridized carbons (Fsp3) is 0.300. The third kappa shape index (κ3) is 1.67. The number of nitrogens with zero attached hydrogens (tertiary/aromatic N) is 1. The van der Waals surface area contributed by atoms with Gasteiger partial charge in [0.2, 0.25) is 0 Å². The number of hydrogen-bond acceptors (Lipinski definition) is 1. The van der Waals surface area contributed by atoms with E-state index in [1.807, 2.05) is 32.2 Å². The molecule has 0 aliphatic rings. The zero-order valence-electron chi connectivity index (χ0n) is 7.26. The molecule has 0 atom stereocenters. The van der Waals surface area contributed by atoms with Crippen LogP contribution in [0, 0.1) is 13.8 Å². The van der Waals surface area contributed by atoms with Crippen molar-refractivity contribution in [2.45, 2.75) is 20.8 Å². The van der Waals surface area contributed by atoms with E-state index in [0.29, 0.717) is 0 Å². The molecule has 58 valence electrons. The van der Waals surface area contributed by atoms with Crippen LogP contribution in [0.15, 0.2) is 18.3 Å². The van der Waals surface area contributed by atoms with E-state index < -0.39 is 0 Å². The third-order valence-electron chi connectivity index (χ3n) is 1.74. The van der Waals surface area contributed by atoms with E-state index in [1.165, 1.54) is 11.1 Å². The van der Waals surface area contributed by atoms with Crippen LogP contribution in [0.2, 0.25) is 0 Å². The van der Waals surface area contributed by atoms with Crippen molar-refractivity contribution in [3.63, 3.8) is 0 Å². The summed E-state index contributed by atoms with van der Waals surface area (Å²) >= 11 is 0. The van der Waals surface area contributed by atoms with Gasteiger partial charge < -0.3 is 0 Å². The molecular formula is C10H13N. The Balaban J connectivity index is 3.20. The van der Waals surface area contributed by atoms with E-state index in [2.05, 4.69) is 18.0 Å². The summed E-state index contributed by atoms with van der Waals surface area (Å²) in [6.07, 6.45) is 5.98. The van der Waals surface area contributed by atoms with Crippen LogP contribution in [0.4, 0.5) is 0 Å². The van der Waals surface area contributed by atoms with Crippen molar-refractivity contribution < 1.29 is 0 Å². The first-order valence-corrected chi connectivity index (χ1v) is 3.80. The van der Waals surface area contributed by atoms with E-state index in [4.69, 9.17) is 0 Å². The Kier molecular flexibility index (Phi) is 2.42. The highest BCUT2D eigenvalue weighted by Crippen LogP contribution is 2.11. The Bertz CT molecular complexity index is 254. The number of pyridine rings is 1. The molecule has 0 saturated carbocycles. The normalized spacial score (nSPS) is 10.8. The summed E-state index contributed by atoms with van der Waals surface area (Å²) in [5.41, 5.74) is 3.63. The van der Waals surface area contributed by atoms with Crippen molar-refractivity contribution in [1.29, 1.82) is 0 Å². The van der Waals surface area contributed by atoms with Crippen molar-refractivity contribution in [2.75, 3.05) is 0 Å². The summed E-state index contributed by atoms with van der Waals surface area (Å²) in [5.74, 6) is 0. The summed E-state index contributed by atoms with van der Waals surface area (Å²) in [7, 11) is 0. The maximum Gasteiger partial charge on any atom is 0.0447 e. The maximum absolute atomic E-state index is 4.21. The number of rotatable bonds is 1. The average Bonchev–Trinajstić information content (AvgIpc) is 1.97. The van der Waals surface area contributed by atoms with Crippen molar-refractivity contribution >= 4 is 6.08 Å². The SMILES string of the molecule is C/C=C\c1c(C)ccnc1C. The van der Waals surface area contributed by atoms with Crippen molar-refractivity contribution in [3.05, 3.63) is 35.2 Å². The Morgan fingerprint density at radius 3 is 2.64 bits per heavy atom. The smallest absolute Gasteiger partial charge is 0.0447 e. The molecule has 1 nitrogen and oxygen atoms in total. The summed E-state index contributed by atoms with van der Waals surface area (Å²) < 4.78 is 0. The van der Waals surface area contributed by atoms with Crippen LogP contribution in [0.1, 0.15) is 23.7 Å². The van der Waals surface area contributed by atoms with Crippen LogP contribution >= 0.6 is 0 Å². The molecular weight excluding hydrogens is 134 g/mol. The second kappa shape index (κ2) is 3.33. The zero-order chi connectivity index (χ0) is 8.27. The molecule has 1 aromatic heterocycles. The molecule has 0 radical (unpaired) electrons. The molecule has 1 rings (SSSR count). The van der Waals surface area contributed by atoms with Crippen LogP contribution in [-0.4, -0.2) is 4.98 Å². The molecule has 0 aliphatic heterocycles. The predicted octanol–water partition coefficient (Wildman–Crippen LogP) is 2.73. The molecule has 0 spiro atoms. The molecule has 1 aromatic rings. The van der Waals surface area contributed by atoms with Gasteiger partial charge in [-0.2, -0.15) is 0 Å². The van der Waals surface area contributed by atoms with Gasteiger partial charge in [0.05, 0.1) is 0 Å². The van der Waals surface area contributed by atoms with Gasteiger partial charge in [0, 0.05) is 11.9 Å². The first-order valence-electron chi connectivity index (χ1n) is 3.80. The lowest BCUT2D eigenvalue weighted by atomic mass is 10.1. The van der Waals surface area contributed by atoms with Crippen molar-refractivity contribution in [2.24, 2.45) is 0 Å². The van der Waals surface area contributed by atoms with Crippen LogP contribution in [0.25, 0.3) is 6.08 Å². The number of aromatic nitrogens is 1. The molecule has 0 fully saturated rings. The maximum atomic E-state index is 4.21. The van der Waals surface area contributed by atoms with Gasteiger partial charge in [0.1, 0.15) is 0 Å². The molecule has 0 N–H and O–H groups in total. The van der Waals surface area contributed by atoms with E-state index in [-0.39, 0.29) is 0 Å². The number of aryl methyl sites for hydroxylation is 2. The fourth-order valence-corrected chi connectivity index (χ4v) is 1.12. The molecule has 0 amide bonds. The van der Waals surface area contributed by atoms with Crippen LogP contribution < -0.4 is 0 Å². The molecule has 0 saturated heterocycles. The van der Waals surface area contributed by atoms with Gasteiger partial charge in [-0.3, -0.25) is 4.98 Å². The Morgan fingerprint density at radius 2 is 2.09 bits per heavy atom. The molecule has 0 aromatic carbocycles. The lowest BCUT2D eigenvalue weighted by Gasteiger charge is -2.01. The van der Waals surface area contributed by atoms with Gasteiger partial charge in [-0.25, -0.2) is 0 Å². The minimum Gasteiger partial charge on any atom is -0.261 e. The Morgan fingerprint density at radius 1 is 1.36 bits per heavy atom. The summed E-state index contributed by atoms with van der Waals surface area (Å²) in [4.78, 5) is 4.21. The van der Waals surface area contributed by atoms with Gasteiger partial charge in [0.15, 0.2) is 0 Å². The topological polar surface area (TPSA) is 12.9 Å². The van der Waals surface area contributed by atoms with E-state index >= 15 is 0 Å². The second-order valence-corrected chi connectivity index (χ2v) is 2.63. The van der Waals surface area contributed by atoms with Gasteiger partial charge >= 0.3 is 0 Å². The summed E-state index contributed by atoms with van der Waals surface area (Å²) in [6, 6.07) is 2.03. The second-order valence-electron chi connectivity index (χ2n) is 2.63. The van der Waals surface area contributed by atoms with E-state index in [0.717, 1.165) is 5.69 Å². The van der Waals surface area contributed by atoms with Crippen molar-refractivity contribution in [3.8, 4) is 0 Å². The largest absolute Gasteiger partial charge is 0.261 e. The molecule has 11 heavy (non-hydrogen) atoms. The standard InChI is InChI=1S/C10H13N/c1-4-5-10-8(2)6-7-11-9(10)3/h4-7H,1-3H3/b5-4-. The summed E-state index contributed by atoms with van der Waals surface area (Å²) in [6.45, 7) is 6.15. The minimum atomic E-state index is 1.10. The third-order valence-corrected chi connectivity index (χ3v) is 1.74. The Hall–Kier alpha value is -1.11. The quantitative estimate of drug-likeness (QED) is 0.595. The van der Waals surface area contributed by atoms with Crippen LogP contribution in [0.3, 0.4) is 0 Å². The molecule has 1 heterocycles. The minimum absolute atomic E-state index is 1.10. The average molecular weight is 147 g/mol. The Labute approximate surface area is 67.8 Å². The van der Waals surface area contributed by atoms with Gasteiger partial charge in [0.25, 0.3) is 0 Å². The van der Waals surface area contributed by atoms with E-state index in [1.54, 1.807) is 0 Å². The highest BCUT2D eigenvalue weighted by atomic mass is 14.7. The monoisotopic (exact) mass is 147 g/mol. The van der Waals surface area contributed by atoms with Crippen LogP contribution in [-0.2, 0) is 0 Å². The number of hydrogen-bond donors (Lipinski definition) is 0. The molecule has 0 unspecified atom stereocenters. The first-order chi connectivity index (χ1) is 5.25. The van der Waals surface area contributed by atoms with Gasteiger partial charge in [-0.15, -0.1) is 0 Å². The van der Waals surface area contributed by atoms with E-state index in [9.17, 15) is 0 Å². The highest BCUT2D eigenvalue weighted by Gasteiger charge is 1.96. The summed E-state index contributed by atoms with van der Waals surface area (Å²) in [5, 5.41) is 0. The van der Waals surface area contributed by atoms with Gasteiger partial charge in [-0.1, -0.05) is 12.2 Å². The molecule has 1 heteroatoms. The zero-order valence-corrected chi connectivity index (χ0v) is 7.26. The number of allylic oxidation sites excluding steroid dienone is 1. The fourth-order valence-electron chi connectivity index (χ4n) is 1.12. The predicted molar refractivity (Wildman–Crippen MR) is 48.4 cm³/mol. The lowest BCUT2D eigenvalue weighted by molar-refractivity contribution is 1.16. The highest BCUT2D eigenvalue weighted by molar-refractivity contribution is 5.54. The molecule has 0 aliphatic carbocycles. The van der Waals surface area contributed by atoms with Crippen molar-refractivity contribution in [1.82, 2.24) is 4.98 Å².